The van der Waals surface area contributed by atoms with E-state index in [0.717, 1.165) is 12.3 Å². The van der Waals surface area contributed by atoms with Crippen LogP contribution in [0.3, 0.4) is 0 Å². The van der Waals surface area contributed by atoms with Crippen molar-refractivity contribution in [1.29, 1.82) is 0 Å². The minimum absolute atomic E-state index is 0.132. The lowest BCUT2D eigenvalue weighted by Gasteiger charge is -2.22. The molecule has 0 fully saturated rings. The zero-order valence-electron chi connectivity index (χ0n) is 11.0. The van der Waals surface area contributed by atoms with Crippen LogP contribution >= 0.6 is 0 Å². The fourth-order valence-corrected chi connectivity index (χ4v) is 1.61. The molecule has 1 heterocycles. The monoisotopic (exact) mass is 271 g/mol. The third-order valence-corrected chi connectivity index (χ3v) is 2.54. The van der Waals surface area contributed by atoms with Crippen LogP contribution in [0.15, 0.2) is 12.3 Å². The smallest absolute Gasteiger partial charge is 0.257 e. The average Bonchev–Trinajstić information content (AvgIpc) is 2.42. The lowest BCUT2D eigenvalue weighted by molar-refractivity contribution is 0.0656. The number of aromatic nitrogens is 1. The van der Waals surface area contributed by atoms with Crippen LogP contribution in [-0.4, -0.2) is 61.4 Å². The van der Waals surface area contributed by atoms with Crippen LogP contribution in [0.4, 0.5) is 10.2 Å². The number of aliphatic hydroxyl groups excluding tert-OH is 1. The number of aliphatic hydroxyl groups is 1. The quantitative estimate of drug-likeness (QED) is 0.748. The van der Waals surface area contributed by atoms with Crippen LogP contribution in [0.5, 0.6) is 0 Å². The van der Waals surface area contributed by atoms with Gasteiger partial charge in [-0.2, -0.15) is 0 Å². The average molecular weight is 271 g/mol. The summed E-state index contributed by atoms with van der Waals surface area (Å²) in [4.78, 5) is 17.5. The fourth-order valence-electron chi connectivity index (χ4n) is 1.61. The second-order valence-corrected chi connectivity index (χ2v) is 3.81. The Kier molecular flexibility index (Phi) is 6.17. The highest BCUT2D eigenvalue weighted by molar-refractivity contribution is 5.98. The van der Waals surface area contributed by atoms with E-state index in [0.29, 0.717) is 19.0 Å². The van der Waals surface area contributed by atoms with E-state index in [2.05, 4.69) is 10.3 Å². The van der Waals surface area contributed by atoms with Crippen LogP contribution in [0.25, 0.3) is 0 Å². The first-order valence-corrected chi connectivity index (χ1v) is 5.86. The molecule has 7 heteroatoms. The summed E-state index contributed by atoms with van der Waals surface area (Å²) in [5.41, 5.74) is 0.132. The molecule has 6 nitrogen and oxygen atoms in total. The van der Waals surface area contributed by atoms with Gasteiger partial charge in [0.1, 0.15) is 11.6 Å². The predicted octanol–water partition coefficient (Wildman–Crippen LogP) is 0.343. The molecule has 0 saturated heterocycles. The van der Waals surface area contributed by atoms with Gasteiger partial charge in [0.25, 0.3) is 5.91 Å². The highest BCUT2D eigenvalue weighted by atomic mass is 19.1. The van der Waals surface area contributed by atoms with Crippen molar-refractivity contribution in [2.75, 3.05) is 45.8 Å². The number of nitrogens with one attached hydrogen (secondary N) is 1. The number of methoxy groups -OCH3 is 1. The molecule has 1 rings (SSSR count). The van der Waals surface area contributed by atoms with E-state index in [9.17, 15) is 9.18 Å². The summed E-state index contributed by atoms with van der Waals surface area (Å²) in [6.07, 6.45) is 1.04. The molecule has 19 heavy (non-hydrogen) atoms. The molecular weight excluding hydrogens is 253 g/mol. The first-order valence-electron chi connectivity index (χ1n) is 5.86. The normalized spacial score (nSPS) is 10.3. The first kappa shape index (κ1) is 15.3. The van der Waals surface area contributed by atoms with Crippen LogP contribution < -0.4 is 5.32 Å². The number of halogens is 1. The first-order chi connectivity index (χ1) is 9.13. The molecule has 0 bridgehead atoms. The fraction of sp³-hybridized carbons (Fsp3) is 0.500. The lowest BCUT2D eigenvalue weighted by Crippen LogP contribution is -2.36. The molecule has 0 aromatic carbocycles. The van der Waals surface area contributed by atoms with Gasteiger partial charge in [-0.15, -0.1) is 0 Å². The molecule has 1 aromatic rings. The highest BCUT2D eigenvalue weighted by Gasteiger charge is 2.19. The van der Waals surface area contributed by atoms with E-state index in [1.54, 1.807) is 7.05 Å². The van der Waals surface area contributed by atoms with Gasteiger partial charge in [0.15, 0.2) is 0 Å². The molecule has 0 radical (unpaired) electrons. The van der Waals surface area contributed by atoms with Gasteiger partial charge in [-0.1, -0.05) is 0 Å². The van der Waals surface area contributed by atoms with Crippen molar-refractivity contribution in [2.24, 2.45) is 0 Å². The van der Waals surface area contributed by atoms with Crippen LogP contribution in [0.1, 0.15) is 10.4 Å². The number of carbonyl (C=O) groups is 1. The summed E-state index contributed by atoms with van der Waals surface area (Å²) >= 11 is 0. The Morgan fingerprint density at radius 1 is 1.58 bits per heavy atom. The summed E-state index contributed by atoms with van der Waals surface area (Å²) in [7, 11) is 3.12. The van der Waals surface area contributed by atoms with Gasteiger partial charge in [-0.25, -0.2) is 9.37 Å². The Morgan fingerprint density at radius 2 is 2.32 bits per heavy atom. The Hall–Kier alpha value is -1.73. The molecule has 106 valence electrons. The zero-order chi connectivity index (χ0) is 14.3. The van der Waals surface area contributed by atoms with Gasteiger partial charge >= 0.3 is 0 Å². The number of pyridine rings is 1. The van der Waals surface area contributed by atoms with Crippen molar-refractivity contribution in [3.63, 3.8) is 0 Å². The van der Waals surface area contributed by atoms with Crippen molar-refractivity contribution in [3.8, 4) is 0 Å². The number of rotatable bonds is 7. The van der Waals surface area contributed by atoms with E-state index in [-0.39, 0.29) is 18.7 Å². The van der Waals surface area contributed by atoms with Crippen LogP contribution in [0, 0.1) is 5.82 Å². The Morgan fingerprint density at radius 3 is 2.89 bits per heavy atom. The maximum atomic E-state index is 13.2. The van der Waals surface area contributed by atoms with Crippen molar-refractivity contribution < 1.29 is 19.0 Å². The van der Waals surface area contributed by atoms with Gasteiger partial charge < -0.3 is 20.1 Å². The molecule has 0 spiro atoms. The maximum Gasteiger partial charge on any atom is 0.257 e. The molecule has 0 aliphatic heterocycles. The van der Waals surface area contributed by atoms with Gasteiger partial charge in [-0.3, -0.25) is 4.79 Å². The van der Waals surface area contributed by atoms with Crippen molar-refractivity contribution in [2.45, 2.75) is 0 Å². The topological polar surface area (TPSA) is 74.7 Å². The minimum atomic E-state index is -0.585. The Bertz CT molecular complexity index is 429. The lowest BCUT2D eigenvalue weighted by atomic mass is 10.2. The van der Waals surface area contributed by atoms with Crippen LogP contribution in [0.2, 0.25) is 0 Å². The van der Waals surface area contributed by atoms with E-state index in [4.69, 9.17) is 9.84 Å². The molecule has 0 unspecified atom stereocenters. The predicted molar refractivity (Wildman–Crippen MR) is 68.6 cm³/mol. The molecule has 0 atom stereocenters. The molecular formula is C12H18FN3O3. The third-order valence-electron chi connectivity index (χ3n) is 2.54. The summed E-state index contributed by atoms with van der Waals surface area (Å²) in [5, 5.41) is 11.7. The summed E-state index contributed by atoms with van der Waals surface area (Å²) in [6, 6.07) is 1.12. The number of hydrogen-bond acceptors (Lipinski definition) is 5. The Balaban J connectivity index is 2.97. The van der Waals surface area contributed by atoms with Crippen molar-refractivity contribution in [3.05, 3.63) is 23.6 Å². The molecule has 0 aliphatic rings. The van der Waals surface area contributed by atoms with Crippen molar-refractivity contribution in [1.82, 2.24) is 9.88 Å². The van der Waals surface area contributed by atoms with Gasteiger partial charge in [0, 0.05) is 27.2 Å². The number of amides is 1. The third kappa shape index (κ3) is 4.15. The second-order valence-electron chi connectivity index (χ2n) is 3.81. The largest absolute Gasteiger partial charge is 0.395 e. The summed E-state index contributed by atoms with van der Waals surface area (Å²) < 4.78 is 18.1. The number of nitrogens with zero attached hydrogens (tertiary/aromatic N) is 2. The molecule has 1 amide bonds. The van der Waals surface area contributed by atoms with Gasteiger partial charge in [0.05, 0.1) is 25.0 Å². The van der Waals surface area contributed by atoms with Gasteiger partial charge in [0.2, 0.25) is 0 Å². The standard InChI is InChI=1S/C12H18FN3O3/c1-14-11-10(7-9(13)8-15-11)12(18)16(3-5-17)4-6-19-2/h7-8,17H,3-6H2,1-2H3,(H,14,15). The van der Waals surface area contributed by atoms with E-state index < -0.39 is 11.7 Å². The van der Waals surface area contributed by atoms with Crippen molar-refractivity contribution >= 4 is 11.7 Å². The minimum Gasteiger partial charge on any atom is -0.395 e. The SMILES string of the molecule is CNc1ncc(F)cc1C(=O)N(CCO)CCOC. The number of hydrogen-bond donors (Lipinski definition) is 2. The number of carbonyl (C=O) groups excluding carboxylic acids is 1. The molecule has 1 aromatic heterocycles. The summed E-state index contributed by atoms with van der Waals surface area (Å²) in [6.45, 7) is 0.633. The number of anilines is 1. The number of ether oxygens (including phenoxy) is 1. The Labute approximate surface area is 111 Å². The maximum absolute atomic E-state index is 13.2. The highest BCUT2D eigenvalue weighted by Crippen LogP contribution is 2.15. The second kappa shape index (κ2) is 7.65. The van der Waals surface area contributed by atoms with E-state index in [1.165, 1.54) is 12.0 Å². The zero-order valence-corrected chi connectivity index (χ0v) is 11.0. The van der Waals surface area contributed by atoms with Crippen LogP contribution in [-0.2, 0) is 4.74 Å². The van der Waals surface area contributed by atoms with E-state index in [1.807, 2.05) is 0 Å². The molecule has 0 aliphatic carbocycles. The van der Waals surface area contributed by atoms with Gasteiger partial charge in [-0.05, 0) is 6.07 Å². The summed E-state index contributed by atoms with van der Waals surface area (Å²) in [5.74, 6) is -0.688. The molecule has 2 N–H and O–H groups in total. The molecule has 0 saturated carbocycles. The van der Waals surface area contributed by atoms with E-state index >= 15 is 0 Å².